The number of carbonyl (C=O) groups excluding carboxylic acids is 2. The van der Waals surface area contributed by atoms with Crippen LogP contribution < -0.4 is 16.4 Å². The summed E-state index contributed by atoms with van der Waals surface area (Å²) in [4.78, 5) is 38.1. The number of halogens is 1. The molecule has 5 N–H and O–H groups in total. The second-order valence-corrected chi connectivity index (χ2v) is 10.8. The number of carbonyl (C=O) groups is 2. The number of nitrogens with zero attached hydrogens (tertiary/aromatic N) is 3. The summed E-state index contributed by atoms with van der Waals surface area (Å²) in [6.07, 6.45) is 0. The molecule has 13 heteroatoms. The van der Waals surface area contributed by atoms with E-state index in [1.165, 1.54) is 12.1 Å². The molecule has 188 valence electrons. The molecule has 0 bridgehead atoms. The van der Waals surface area contributed by atoms with Crippen LogP contribution in [0.25, 0.3) is 0 Å². The lowest BCUT2D eigenvalue weighted by molar-refractivity contribution is 0.0980. The van der Waals surface area contributed by atoms with Gasteiger partial charge in [-0.3, -0.25) is 14.1 Å². The second kappa shape index (κ2) is 9.12. The summed E-state index contributed by atoms with van der Waals surface area (Å²) < 4.78 is 33.9. The molecule has 0 amide bonds. The van der Waals surface area contributed by atoms with Crippen molar-refractivity contribution >= 4 is 50.6 Å². The molecule has 0 radical (unpaired) electrons. The molecule has 2 aromatic carbocycles. The van der Waals surface area contributed by atoms with Crippen LogP contribution in [0.2, 0.25) is 5.28 Å². The summed E-state index contributed by atoms with van der Waals surface area (Å²) >= 11 is 5.88. The van der Waals surface area contributed by atoms with E-state index in [2.05, 4.69) is 25.6 Å². The lowest BCUT2D eigenvalue weighted by Gasteiger charge is -2.28. The van der Waals surface area contributed by atoms with Gasteiger partial charge in [0.05, 0.1) is 16.8 Å². The number of ketones is 2. The van der Waals surface area contributed by atoms with Crippen molar-refractivity contribution in [3.63, 3.8) is 0 Å². The van der Waals surface area contributed by atoms with E-state index < -0.39 is 37.7 Å². The Bertz CT molecular complexity index is 1500. The highest BCUT2D eigenvalue weighted by Gasteiger charge is 2.36. The number of nitrogens with two attached hydrogens (primary N) is 1. The van der Waals surface area contributed by atoms with E-state index in [9.17, 15) is 22.6 Å². The van der Waals surface area contributed by atoms with E-state index in [1.54, 1.807) is 19.1 Å². The molecule has 0 saturated heterocycles. The van der Waals surface area contributed by atoms with Crippen LogP contribution in [0, 0.1) is 12.3 Å². The van der Waals surface area contributed by atoms with Crippen molar-refractivity contribution in [1.82, 2.24) is 15.0 Å². The van der Waals surface area contributed by atoms with Gasteiger partial charge >= 0.3 is 0 Å². The van der Waals surface area contributed by atoms with Crippen LogP contribution in [0.1, 0.15) is 51.5 Å². The number of benzene rings is 2. The molecule has 0 spiro atoms. The third kappa shape index (κ3) is 4.87. The van der Waals surface area contributed by atoms with Gasteiger partial charge in [0.15, 0.2) is 11.6 Å². The van der Waals surface area contributed by atoms with Crippen LogP contribution in [-0.4, -0.2) is 52.6 Å². The number of anilines is 3. The van der Waals surface area contributed by atoms with Gasteiger partial charge in [-0.2, -0.15) is 18.4 Å². The maximum Gasteiger partial charge on any atom is 0.296 e. The lowest BCUT2D eigenvalue weighted by atomic mass is 9.82. The standard InChI is InChI=1S/C23H23ClN6O5S/c1-11-28-21(24)30-22(29-11)27-10-23(2,3)9-26-14-8-15(36(33,34)35)18(25)17-16(14)19(31)12-6-4-5-7-13(12)20(17)32/h4-8,26H,9-10,25H2,1-3H3,(H,33,34,35)(H,27,28,29,30). The Kier molecular flexibility index (Phi) is 6.45. The van der Waals surface area contributed by atoms with Crippen molar-refractivity contribution in [2.24, 2.45) is 5.41 Å². The Morgan fingerprint density at radius 1 is 1.00 bits per heavy atom. The van der Waals surface area contributed by atoms with Crippen molar-refractivity contribution < 1.29 is 22.6 Å². The van der Waals surface area contributed by atoms with Crippen LogP contribution >= 0.6 is 11.6 Å². The van der Waals surface area contributed by atoms with E-state index in [1.807, 2.05) is 13.8 Å². The Hall–Kier alpha value is -3.61. The second-order valence-electron chi connectivity index (χ2n) is 9.11. The third-order valence-corrected chi connectivity index (χ3v) is 6.74. The highest BCUT2D eigenvalue weighted by molar-refractivity contribution is 7.86. The number of rotatable bonds is 7. The van der Waals surface area contributed by atoms with E-state index in [-0.39, 0.29) is 45.7 Å². The SMILES string of the molecule is Cc1nc(Cl)nc(NCC(C)(C)CNc2cc(S(=O)(=O)O)c(N)c3c2C(=O)c2ccccc2C3=O)n1. The van der Waals surface area contributed by atoms with Gasteiger partial charge in [0.1, 0.15) is 10.7 Å². The van der Waals surface area contributed by atoms with E-state index in [0.717, 1.165) is 6.07 Å². The first kappa shape index (κ1) is 25.5. The summed E-state index contributed by atoms with van der Waals surface area (Å²) in [5.74, 6) is -0.351. The normalized spacial score (nSPS) is 13.2. The molecule has 0 unspecified atom stereocenters. The fourth-order valence-electron chi connectivity index (χ4n) is 3.89. The van der Waals surface area contributed by atoms with Gasteiger partial charge in [0.2, 0.25) is 11.2 Å². The molecule has 1 aliphatic rings. The van der Waals surface area contributed by atoms with Gasteiger partial charge in [-0.1, -0.05) is 38.1 Å². The number of nitrogens with one attached hydrogen (secondary N) is 2. The predicted molar refractivity (Wildman–Crippen MR) is 134 cm³/mol. The Labute approximate surface area is 212 Å². The topological polar surface area (TPSA) is 177 Å². The van der Waals surface area contributed by atoms with E-state index in [0.29, 0.717) is 12.4 Å². The predicted octanol–water partition coefficient (Wildman–Crippen LogP) is 2.99. The molecule has 36 heavy (non-hydrogen) atoms. The zero-order chi connectivity index (χ0) is 26.4. The highest BCUT2D eigenvalue weighted by Crippen LogP contribution is 2.39. The molecule has 3 aromatic rings. The molecule has 1 aromatic heterocycles. The zero-order valence-corrected chi connectivity index (χ0v) is 21.2. The van der Waals surface area contributed by atoms with Gasteiger partial charge in [-0.05, 0) is 30.0 Å². The fraction of sp³-hybridized carbons (Fsp3) is 0.261. The smallest absolute Gasteiger partial charge is 0.296 e. The van der Waals surface area contributed by atoms with E-state index >= 15 is 0 Å². The molecule has 1 heterocycles. The minimum atomic E-state index is -4.79. The maximum atomic E-state index is 13.4. The van der Waals surface area contributed by atoms with Crippen LogP contribution in [0.5, 0.6) is 0 Å². The van der Waals surface area contributed by atoms with Crippen molar-refractivity contribution in [3.8, 4) is 0 Å². The van der Waals surface area contributed by atoms with Crippen molar-refractivity contribution in [3.05, 3.63) is 63.7 Å². The highest BCUT2D eigenvalue weighted by atomic mass is 35.5. The fourth-order valence-corrected chi connectivity index (χ4v) is 4.74. The molecule has 11 nitrogen and oxygen atoms in total. The van der Waals surface area contributed by atoms with Crippen molar-refractivity contribution in [1.29, 1.82) is 0 Å². The Morgan fingerprint density at radius 3 is 2.17 bits per heavy atom. The Balaban J connectivity index is 1.69. The first-order valence-electron chi connectivity index (χ1n) is 10.8. The van der Waals surface area contributed by atoms with Crippen LogP contribution in [-0.2, 0) is 10.1 Å². The summed E-state index contributed by atoms with van der Waals surface area (Å²) in [5.41, 5.74) is 5.07. The third-order valence-electron chi connectivity index (χ3n) is 5.68. The number of aryl methyl sites for hydroxylation is 1. The monoisotopic (exact) mass is 530 g/mol. The van der Waals surface area contributed by atoms with Crippen molar-refractivity contribution in [2.45, 2.75) is 25.7 Å². The summed E-state index contributed by atoms with van der Waals surface area (Å²) in [6.45, 7) is 6.07. The number of hydrogen-bond donors (Lipinski definition) is 4. The average Bonchev–Trinajstić information content (AvgIpc) is 2.79. The number of aromatic nitrogens is 3. The first-order chi connectivity index (χ1) is 16.8. The van der Waals surface area contributed by atoms with Gasteiger partial charge < -0.3 is 16.4 Å². The van der Waals surface area contributed by atoms with Gasteiger partial charge in [-0.15, -0.1) is 0 Å². The molecule has 0 aliphatic heterocycles. The molecular weight excluding hydrogens is 508 g/mol. The molecule has 0 fully saturated rings. The van der Waals surface area contributed by atoms with Crippen molar-refractivity contribution in [2.75, 3.05) is 29.5 Å². The van der Waals surface area contributed by atoms with E-state index in [4.69, 9.17) is 17.3 Å². The maximum absolute atomic E-state index is 13.4. The van der Waals surface area contributed by atoms with Crippen LogP contribution in [0.4, 0.5) is 17.3 Å². The molecule has 0 saturated carbocycles. The largest absolute Gasteiger partial charge is 0.397 e. The summed E-state index contributed by atoms with van der Waals surface area (Å²) in [7, 11) is -4.79. The quantitative estimate of drug-likeness (QED) is 0.204. The molecule has 4 rings (SSSR count). The molecule has 0 atom stereocenters. The first-order valence-corrected chi connectivity index (χ1v) is 12.6. The number of nitrogen functional groups attached to an aromatic ring is 1. The summed E-state index contributed by atoms with van der Waals surface area (Å²) in [5, 5.41) is 6.20. The van der Waals surface area contributed by atoms with Gasteiger partial charge in [-0.25, -0.2) is 4.98 Å². The zero-order valence-electron chi connectivity index (χ0n) is 19.6. The minimum absolute atomic E-state index is 0.0489. The van der Waals surface area contributed by atoms with Gasteiger partial charge in [0.25, 0.3) is 10.1 Å². The lowest BCUT2D eigenvalue weighted by Crippen LogP contribution is -2.32. The van der Waals surface area contributed by atoms with Crippen LogP contribution in [0.3, 0.4) is 0 Å². The number of hydrogen-bond acceptors (Lipinski definition) is 10. The van der Waals surface area contributed by atoms with Crippen LogP contribution in [0.15, 0.2) is 35.2 Å². The Morgan fingerprint density at radius 2 is 1.58 bits per heavy atom. The average molecular weight is 531 g/mol. The molecular formula is C23H23ClN6O5S. The number of fused-ring (bicyclic) bond motifs is 2. The molecule has 1 aliphatic carbocycles. The minimum Gasteiger partial charge on any atom is -0.397 e. The van der Waals surface area contributed by atoms with Gasteiger partial charge in [0, 0.05) is 29.9 Å². The summed E-state index contributed by atoms with van der Waals surface area (Å²) in [6, 6.07) is 7.27.